The second-order valence-corrected chi connectivity index (χ2v) is 9.95. The number of rotatable bonds is 11. The highest BCUT2D eigenvalue weighted by Gasteiger charge is 2.24. The van der Waals surface area contributed by atoms with E-state index in [0.717, 1.165) is 34.9 Å². The lowest BCUT2D eigenvalue weighted by molar-refractivity contribution is -0.129. The highest BCUT2D eigenvalue weighted by molar-refractivity contribution is 7.90. The monoisotopic (exact) mass is 458 g/mol. The number of hydrogen-bond donors (Lipinski definition) is 3. The van der Waals surface area contributed by atoms with E-state index in [2.05, 4.69) is 23.2 Å². The summed E-state index contributed by atoms with van der Waals surface area (Å²) in [5, 5.41) is 9.67. The highest BCUT2D eigenvalue weighted by atomic mass is 32.2. The second kappa shape index (κ2) is 10.6. The van der Waals surface area contributed by atoms with Crippen LogP contribution in [0.1, 0.15) is 32.1 Å². The number of hydroxylamine groups is 1. The van der Waals surface area contributed by atoms with Crippen molar-refractivity contribution in [1.82, 2.24) is 14.8 Å². The van der Waals surface area contributed by atoms with Crippen molar-refractivity contribution < 1.29 is 18.4 Å². The summed E-state index contributed by atoms with van der Waals surface area (Å²) in [7, 11) is -0.589. The van der Waals surface area contributed by atoms with Gasteiger partial charge in [-0.25, -0.2) is 5.48 Å². The maximum atomic E-state index is 12.9. The van der Waals surface area contributed by atoms with Gasteiger partial charge >= 0.3 is 10.2 Å². The number of benzene rings is 2. The number of hydrogen-bond acceptors (Lipinski definition) is 4. The summed E-state index contributed by atoms with van der Waals surface area (Å²) in [6.45, 7) is 0.348. The van der Waals surface area contributed by atoms with Crippen LogP contribution in [-0.2, 0) is 15.0 Å². The molecular formula is C23H30N4O4S. The Labute approximate surface area is 189 Å². The molecule has 0 bridgehead atoms. The number of H-pyrrole nitrogens is 1. The molecule has 0 aliphatic carbocycles. The molecule has 0 saturated carbocycles. The first kappa shape index (κ1) is 23.8. The molecule has 0 spiro atoms. The van der Waals surface area contributed by atoms with Gasteiger partial charge in [0, 0.05) is 38.8 Å². The molecule has 9 heteroatoms. The van der Waals surface area contributed by atoms with E-state index in [4.69, 9.17) is 5.21 Å². The Morgan fingerprint density at radius 2 is 1.66 bits per heavy atom. The van der Waals surface area contributed by atoms with E-state index in [1.807, 2.05) is 36.5 Å². The summed E-state index contributed by atoms with van der Waals surface area (Å²) in [5.41, 5.74) is 5.35. The number of fused-ring (bicyclic) bond motifs is 1. The van der Waals surface area contributed by atoms with Crippen LogP contribution in [-0.4, -0.2) is 49.5 Å². The third-order valence-electron chi connectivity index (χ3n) is 5.42. The Kier molecular flexibility index (Phi) is 7.89. The number of aromatic nitrogens is 1. The molecule has 0 aliphatic heterocycles. The van der Waals surface area contributed by atoms with Gasteiger partial charge in [-0.3, -0.25) is 14.3 Å². The molecule has 0 atom stereocenters. The molecule has 0 aliphatic rings. The number of carbonyl (C=O) groups excluding carboxylic acids is 1. The van der Waals surface area contributed by atoms with Crippen LogP contribution in [0.4, 0.5) is 5.69 Å². The summed E-state index contributed by atoms with van der Waals surface area (Å²) in [4.78, 5) is 14.3. The average Bonchev–Trinajstić information content (AvgIpc) is 3.26. The summed E-state index contributed by atoms with van der Waals surface area (Å²) in [6, 6.07) is 15.7. The molecule has 3 rings (SSSR count). The molecule has 1 heterocycles. The molecule has 3 N–H and O–H groups in total. The van der Waals surface area contributed by atoms with Crippen molar-refractivity contribution in [3.05, 3.63) is 54.7 Å². The molecule has 8 nitrogen and oxygen atoms in total. The topological polar surface area (TPSA) is 106 Å². The van der Waals surface area contributed by atoms with Crippen LogP contribution >= 0.6 is 0 Å². The normalized spacial score (nSPS) is 11.8. The van der Waals surface area contributed by atoms with E-state index < -0.39 is 16.1 Å². The number of carbonyl (C=O) groups is 1. The molecule has 1 amide bonds. The van der Waals surface area contributed by atoms with Gasteiger partial charge in [0.15, 0.2) is 0 Å². The number of nitrogens with one attached hydrogen (secondary N) is 2. The van der Waals surface area contributed by atoms with Crippen LogP contribution in [0.3, 0.4) is 0 Å². The standard InChI is InChI=1S/C23H30N4O4S/c1-26(2)32(30,31)27(16-6-4-3-5-7-23(28)25-29)21-12-10-18(11-13-21)20-9-8-19-14-15-24-22(19)17-20/h8-15,17,24,29H,3-7,16H2,1-2H3,(H,25,28). The fourth-order valence-corrected chi connectivity index (χ4v) is 4.71. The third-order valence-corrected chi connectivity index (χ3v) is 7.30. The Hall–Kier alpha value is -2.88. The van der Waals surface area contributed by atoms with Crippen molar-refractivity contribution in [2.24, 2.45) is 0 Å². The number of anilines is 1. The molecule has 2 aromatic carbocycles. The summed E-state index contributed by atoms with van der Waals surface area (Å²) >= 11 is 0. The Bertz CT molecular complexity index is 1140. The minimum Gasteiger partial charge on any atom is -0.361 e. The summed E-state index contributed by atoms with van der Waals surface area (Å²) in [5.74, 6) is -0.405. The summed E-state index contributed by atoms with van der Waals surface area (Å²) in [6.07, 6.45) is 5.04. The Morgan fingerprint density at radius 1 is 0.969 bits per heavy atom. The van der Waals surface area contributed by atoms with E-state index in [-0.39, 0.29) is 6.42 Å². The molecule has 0 saturated heterocycles. The predicted octanol–water partition coefficient (Wildman–Crippen LogP) is 3.90. The van der Waals surface area contributed by atoms with Crippen LogP contribution in [0, 0.1) is 0 Å². The van der Waals surface area contributed by atoms with Gasteiger partial charge in [0.1, 0.15) is 0 Å². The molecule has 1 aromatic heterocycles. The van der Waals surface area contributed by atoms with Gasteiger partial charge in [-0.15, -0.1) is 0 Å². The molecule has 172 valence electrons. The third kappa shape index (κ3) is 5.67. The lowest BCUT2D eigenvalue weighted by Gasteiger charge is -2.27. The van der Waals surface area contributed by atoms with E-state index in [1.54, 1.807) is 5.48 Å². The van der Waals surface area contributed by atoms with Crippen LogP contribution < -0.4 is 9.79 Å². The fourth-order valence-electron chi connectivity index (χ4n) is 3.57. The zero-order valence-electron chi connectivity index (χ0n) is 18.4. The Morgan fingerprint density at radius 3 is 2.34 bits per heavy atom. The number of unbranched alkanes of at least 4 members (excludes halogenated alkanes) is 3. The van der Waals surface area contributed by atoms with Crippen LogP contribution in [0.25, 0.3) is 22.0 Å². The minimum absolute atomic E-state index is 0.256. The lowest BCUT2D eigenvalue weighted by Crippen LogP contribution is -2.40. The molecule has 0 fully saturated rings. The Balaban J connectivity index is 1.71. The maximum Gasteiger partial charge on any atom is 0.303 e. The molecule has 0 unspecified atom stereocenters. The maximum absolute atomic E-state index is 12.9. The van der Waals surface area contributed by atoms with Crippen molar-refractivity contribution in [1.29, 1.82) is 0 Å². The molecular weight excluding hydrogens is 428 g/mol. The van der Waals surface area contributed by atoms with E-state index >= 15 is 0 Å². The molecule has 0 radical (unpaired) electrons. The van der Waals surface area contributed by atoms with Gasteiger partial charge in [-0.1, -0.05) is 37.1 Å². The van der Waals surface area contributed by atoms with Gasteiger partial charge in [-0.2, -0.15) is 12.7 Å². The van der Waals surface area contributed by atoms with Gasteiger partial charge in [-0.05, 0) is 53.6 Å². The van der Waals surface area contributed by atoms with Gasteiger partial charge in [0.25, 0.3) is 0 Å². The van der Waals surface area contributed by atoms with Crippen LogP contribution in [0.2, 0.25) is 0 Å². The van der Waals surface area contributed by atoms with E-state index in [9.17, 15) is 13.2 Å². The quantitative estimate of drug-likeness (QED) is 0.230. The smallest absolute Gasteiger partial charge is 0.303 e. The summed E-state index contributed by atoms with van der Waals surface area (Å²) < 4.78 is 28.5. The SMILES string of the molecule is CN(C)S(=O)(=O)N(CCCCCCC(=O)NO)c1ccc(-c2ccc3cc[nH]c3c2)cc1. The average molecular weight is 459 g/mol. The first-order valence-corrected chi connectivity index (χ1v) is 12.0. The highest BCUT2D eigenvalue weighted by Crippen LogP contribution is 2.28. The van der Waals surface area contributed by atoms with Crippen molar-refractivity contribution in [2.45, 2.75) is 32.1 Å². The van der Waals surface area contributed by atoms with Crippen molar-refractivity contribution >= 4 is 32.7 Å². The lowest BCUT2D eigenvalue weighted by atomic mass is 10.0. The zero-order valence-corrected chi connectivity index (χ0v) is 19.2. The van der Waals surface area contributed by atoms with Crippen molar-refractivity contribution in [3.8, 4) is 11.1 Å². The number of amides is 1. The van der Waals surface area contributed by atoms with Crippen molar-refractivity contribution in [2.75, 3.05) is 24.9 Å². The first-order chi connectivity index (χ1) is 15.3. The molecule has 32 heavy (non-hydrogen) atoms. The van der Waals surface area contributed by atoms with Gasteiger partial charge in [0.05, 0.1) is 5.69 Å². The number of aromatic amines is 1. The first-order valence-electron chi connectivity index (χ1n) is 10.6. The minimum atomic E-state index is -3.64. The van der Waals surface area contributed by atoms with E-state index in [0.29, 0.717) is 25.1 Å². The van der Waals surface area contributed by atoms with Crippen LogP contribution in [0.5, 0.6) is 0 Å². The second-order valence-electron chi connectivity index (χ2n) is 7.89. The molecule has 3 aromatic rings. The zero-order chi connectivity index (χ0) is 23.1. The van der Waals surface area contributed by atoms with Gasteiger partial charge < -0.3 is 4.98 Å². The van der Waals surface area contributed by atoms with Crippen LogP contribution in [0.15, 0.2) is 54.7 Å². The fraction of sp³-hybridized carbons (Fsp3) is 0.348. The van der Waals surface area contributed by atoms with Crippen molar-refractivity contribution in [3.63, 3.8) is 0 Å². The largest absolute Gasteiger partial charge is 0.361 e. The van der Waals surface area contributed by atoms with Gasteiger partial charge in [0.2, 0.25) is 5.91 Å². The number of nitrogens with zero attached hydrogens (tertiary/aromatic N) is 2. The van der Waals surface area contributed by atoms with E-state index in [1.165, 1.54) is 22.7 Å². The predicted molar refractivity (Wildman–Crippen MR) is 127 cm³/mol.